The highest BCUT2D eigenvalue weighted by Crippen LogP contribution is 2.33. The first-order valence-corrected chi connectivity index (χ1v) is 8.72. The molecule has 2 amide bonds. The SMILES string of the molecule is C[C@@H](NC(=O)[C@@H]1CCCN1C(=O)C1CC1)c1ccc(Br)cc1. The van der Waals surface area contributed by atoms with Crippen LogP contribution in [0.4, 0.5) is 0 Å². The number of carbonyl (C=O) groups excluding carboxylic acids is 2. The summed E-state index contributed by atoms with van der Waals surface area (Å²) in [5.41, 5.74) is 1.06. The first-order valence-electron chi connectivity index (χ1n) is 7.92. The van der Waals surface area contributed by atoms with E-state index in [1.165, 1.54) is 0 Å². The van der Waals surface area contributed by atoms with Gasteiger partial charge in [0.25, 0.3) is 0 Å². The first kappa shape index (κ1) is 15.5. The number of hydrogen-bond acceptors (Lipinski definition) is 2. The van der Waals surface area contributed by atoms with Crippen molar-refractivity contribution < 1.29 is 9.59 Å². The molecule has 1 saturated carbocycles. The van der Waals surface area contributed by atoms with Gasteiger partial charge in [-0.25, -0.2) is 0 Å². The summed E-state index contributed by atoms with van der Waals surface area (Å²) in [7, 11) is 0. The lowest BCUT2D eigenvalue weighted by Crippen LogP contribution is -2.47. The maximum Gasteiger partial charge on any atom is 0.243 e. The highest BCUT2D eigenvalue weighted by molar-refractivity contribution is 9.10. The molecule has 3 rings (SSSR count). The second kappa shape index (κ2) is 6.41. The second-order valence-electron chi connectivity index (χ2n) is 6.25. The third kappa shape index (κ3) is 3.35. The molecule has 0 bridgehead atoms. The van der Waals surface area contributed by atoms with E-state index in [0.29, 0.717) is 0 Å². The standard InChI is InChI=1S/C17H21BrN2O2/c1-11(12-6-8-14(18)9-7-12)19-16(21)15-3-2-10-20(15)17(22)13-4-5-13/h6-9,11,13,15H,2-5,10H2,1H3,(H,19,21)/t11-,15+/m1/s1. The number of likely N-dealkylation sites (tertiary alicyclic amines) is 1. The molecule has 2 fully saturated rings. The molecule has 118 valence electrons. The van der Waals surface area contributed by atoms with Gasteiger partial charge in [-0.1, -0.05) is 28.1 Å². The Balaban J connectivity index is 1.62. The van der Waals surface area contributed by atoms with Crippen LogP contribution < -0.4 is 5.32 Å². The molecule has 1 heterocycles. The van der Waals surface area contributed by atoms with E-state index >= 15 is 0 Å². The average Bonchev–Trinajstić information content (AvgIpc) is 3.23. The minimum atomic E-state index is -0.286. The number of rotatable bonds is 4. The summed E-state index contributed by atoms with van der Waals surface area (Å²) >= 11 is 3.41. The van der Waals surface area contributed by atoms with Gasteiger partial charge in [0.05, 0.1) is 6.04 Å². The minimum absolute atomic E-state index is 0.0260. The molecule has 2 aliphatic rings. The summed E-state index contributed by atoms with van der Waals surface area (Å²) < 4.78 is 1.02. The van der Waals surface area contributed by atoms with Gasteiger partial charge in [-0.3, -0.25) is 9.59 Å². The van der Waals surface area contributed by atoms with Gasteiger partial charge in [0, 0.05) is 16.9 Å². The highest BCUT2D eigenvalue weighted by Gasteiger charge is 2.40. The van der Waals surface area contributed by atoms with E-state index in [4.69, 9.17) is 0 Å². The van der Waals surface area contributed by atoms with Crippen LogP contribution in [0.5, 0.6) is 0 Å². The van der Waals surface area contributed by atoms with Crippen molar-refractivity contribution in [1.82, 2.24) is 10.2 Å². The van der Waals surface area contributed by atoms with Crippen molar-refractivity contribution in [2.75, 3.05) is 6.54 Å². The second-order valence-corrected chi connectivity index (χ2v) is 7.16. The van der Waals surface area contributed by atoms with Crippen LogP contribution in [0.25, 0.3) is 0 Å². The Morgan fingerprint density at radius 2 is 1.91 bits per heavy atom. The lowest BCUT2D eigenvalue weighted by molar-refractivity contribution is -0.139. The Kier molecular flexibility index (Phi) is 4.52. The average molecular weight is 365 g/mol. The molecule has 1 aromatic carbocycles. The molecule has 22 heavy (non-hydrogen) atoms. The number of nitrogens with zero attached hydrogens (tertiary/aromatic N) is 1. The lowest BCUT2D eigenvalue weighted by atomic mass is 10.1. The zero-order valence-corrected chi connectivity index (χ0v) is 14.3. The monoisotopic (exact) mass is 364 g/mol. The fourth-order valence-corrected chi connectivity index (χ4v) is 3.28. The van der Waals surface area contributed by atoms with Gasteiger partial charge in [0.1, 0.15) is 6.04 Å². The molecule has 5 heteroatoms. The highest BCUT2D eigenvalue weighted by atomic mass is 79.9. The molecule has 1 N–H and O–H groups in total. The third-order valence-electron chi connectivity index (χ3n) is 4.49. The topological polar surface area (TPSA) is 49.4 Å². The summed E-state index contributed by atoms with van der Waals surface area (Å²) in [6.45, 7) is 2.70. The van der Waals surface area contributed by atoms with Crippen molar-refractivity contribution in [3.8, 4) is 0 Å². The molecular weight excluding hydrogens is 344 g/mol. The maximum absolute atomic E-state index is 12.5. The van der Waals surface area contributed by atoms with E-state index in [1.807, 2.05) is 31.2 Å². The number of halogens is 1. The molecule has 1 aliphatic heterocycles. The quantitative estimate of drug-likeness (QED) is 0.892. The normalized spacial score (nSPS) is 22.5. The van der Waals surface area contributed by atoms with E-state index in [9.17, 15) is 9.59 Å². The Morgan fingerprint density at radius 1 is 1.23 bits per heavy atom. The van der Waals surface area contributed by atoms with Crippen molar-refractivity contribution in [3.63, 3.8) is 0 Å². The Bertz CT molecular complexity index is 569. The maximum atomic E-state index is 12.5. The Morgan fingerprint density at radius 3 is 2.55 bits per heavy atom. The Hall–Kier alpha value is -1.36. The Labute approximate surface area is 139 Å². The number of amides is 2. The van der Waals surface area contributed by atoms with E-state index in [1.54, 1.807) is 4.90 Å². The molecule has 0 unspecified atom stereocenters. The molecule has 0 radical (unpaired) electrons. The summed E-state index contributed by atoms with van der Waals surface area (Å²) in [4.78, 5) is 26.6. The van der Waals surface area contributed by atoms with Gasteiger partial charge in [-0.15, -0.1) is 0 Å². The van der Waals surface area contributed by atoms with Gasteiger partial charge in [0.2, 0.25) is 11.8 Å². The summed E-state index contributed by atoms with van der Waals surface area (Å²) in [6.07, 6.45) is 3.67. The van der Waals surface area contributed by atoms with Crippen LogP contribution in [0.15, 0.2) is 28.7 Å². The molecular formula is C17H21BrN2O2. The van der Waals surface area contributed by atoms with Crippen molar-refractivity contribution in [3.05, 3.63) is 34.3 Å². The molecule has 1 aromatic rings. The van der Waals surface area contributed by atoms with Crippen LogP contribution in [0.1, 0.15) is 44.2 Å². The van der Waals surface area contributed by atoms with Crippen molar-refractivity contribution >= 4 is 27.7 Å². The molecule has 1 saturated heterocycles. The smallest absolute Gasteiger partial charge is 0.243 e. The fraction of sp³-hybridized carbons (Fsp3) is 0.529. The van der Waals surface area contributed by atoms with E-state index < -0.39 is 0 Å². The van der Waals surface area contributed by atoms with Gasteiger partial charge >= 0.3 is 0 Å². The van der Waals surface area contributed by atoms with Crippen molar-refractivity contribution in [2.45, 2.75) is 44.7 Å². The number of benzene rings is 1. The van der Waals surface area contributed by atoms with E-state index in [-0.39, 0.29) is 29.8 Å². The molecule has 2 atom stereocenters. The molecule has 0 spiro atoms. The summed E-state index contributed by atoms with van der Waals surface area (Å²) in [6, 6.07) is 7.59. The number of carbonyl (C=O) groups is 2. The molecule has 0 aromatic heterocycles. The van der Waals surface area contributed by atoms with Crippen molar-refractivity contribution in [2.24, 2.45) is 5.92 Å². The number of hydrogen-bond donors (Lipinski definition) is 1. The van der Waals surface area contributed by atoms with Gasteiger partial charge < -0.3 is 10.2 Å². The third-order valence-corrected chi connectivity index (χ3v) is 5.02. The molecule has 1 aliphatic carbocycles. The predicted octanol–water partition coefficient (Wildman–Crippen LogP) is 3.03. The van der Waals surface area contributed by atoms with E-state index in [2.05, 4.69) is 21.2 Å². The van der Waals surface area contributed by atoms with Gasteiger partial charge in [-0.2, -0.15) is 0 Å². The van der Waals surface area contributed by atoms with E-state index in [0.717, 1.165) is 42.3 Å². The summed E-state index contributed by atoms with van der Waals surface area (Å²) in [5.74, 6) is 0.327. The van der Waals surface area contributed by atoms with Gasteiger partial charge in [-0.05, 0) is 50.3 Å². The van der Waals surface area contributed by atoms with Crippen LogP contribution in [0.2, 0.25) is 0 Å². The van der Waals surface area contributed by atoms with Crippen LogP contribution in [-0.4, -0.2) is 29.3 Å². The zero-order chi connectivity index (χ0) is 15.7. The predicted molar refractivity (Wildman–Crippen MR) is 88.2 cm³/mol. The van der Waals surface area contributed by atoms with Crippen LogP contribution in [0, 0.1) is 5.92 Å². The summed E-state index contributed by atoms with van der Waals surface area (Å²) in [5, 5.41) is 3.05. The van der Waals surface area contributed by atoms with Crippen LogP contribution >= 0.6 is 15.9 Å². The number of nitrogens with one attached hydrogen (secondary N) is 1. The molecule has 4 nitrogen and oxygen atoms in total. The van der Waals surface area contributed by atoms with Crippen molar-refractivity contribution in [1.29, 1.82) is 0 Å². The minimum Gasteiger partial charge on any atom is -0.348 e. The lowest BCUT2D eigenvalue weighted by Gasteiger charge is -2.25. The van der Waals surface area contributed by atoms with Gasteiger partial charge in [0.15, 0.2) is 0 Å². The van der Waals surface area contributed by atoms with Crippen LogP contribution in [-0.2, 0) is 9.59 Å². The largest absolute Gasteiger partial charge is 0.348 e. The van der Waals surface area contributed by atoms with Crippen LogP contribution in [0.3, 0.4) is 0 Å². The first-order chi connectivity index (χ1) is 10.6. The fourth-order valence-electron chi connectivity index (χ4n) is 3.01. The zero-order valence-electron chi connectivity index (χ0n) is 12.7.